The first-order valence-electron chi connectivity index (χ1n) is 3.35. The predicted octanol–water partition coefficient (Wildman–Crippen LogP) is 0.171. The zero-order valence-corrected chi connectivity index (χ0v) is 5.99. The van der Waals surface area contributed by atoms with Crippen LogP contribution in [0.1, 0.15) is 6.42 Å². The standard InChI is InChI=1S/C6H11N2O2/c1-7-4-2-3-6(5-7)8(9)10/h3,6H,2,4-5H2,1H3. The smallest absolute Gasteiger partial charge is 0.228 e. The third kappa shape index (κ3) is 1.67. The fourth-order valence-corrected chi connectivity index (χ4v) is 1.13. The molecule has 1 saturated heterocycles. The molecule has 0 aromatic heterocycles. The van der Waals surface area contributed by atoms with Crippen molar-refractivity contribution in [2.24, 2.45) is 0 Å². The van der Waals surface area contributed by atoms with E-state index in [1.807, 2.05) is 11.9 Å². The van der Waals surface area contributed by atoms with E-state index in [-0.39, 0.29) is 4.92 Å². The van der Waals surface area contributed by atoms with Gasteiger partial charge in [-0.25, -0.2) is 0 Å². The minimum absolute atomic E-state index is 0.227. The Bertz CT molecular complexity index is 138. The van der Waals surface area contributed by atoms with E-state index in [0.29, 0.717) is 6.54 Å². The molecule has 0 saturated carbocycles. The molecule has 0 bridgehead atoms. The molecule has 1 atom stereocenters. The van der Waals surface area contributed by atoms with Crippen LogP contribution < -0.4 is 0 Å². The highest BCUT2D eigenvalue weighted by atomic mass is 16.6. The number of nitrogens with zero attached hydrogens (tertiary/aromatic N) is 2. The van der Waals surface area contributed by atoms with Crippen LogP contribution in [-0.2, 0) is 0 Å². The van der Waals surface area contributed by atoms with Crippen LogP contribution in [0, 0.1) is 16.5 Å². The number of hydrogen-bond acceptors (Lipinski definition) is 3. The lowest BCUT2D eigenvalue weighted by Crippen LogP contribution is -2.40. The maximum absolute atomic E-state index is 10.2. The van der Waals surface area contributed by atoms with Crippen LogP contribution in [0.15, 0.2) is 0 Å². The summed E-state index contributed by atoms with van der Waals surface area (Å²) in [5.41, 5.74) is 0. The van der Waals surface area contributed by atoms with Gasteiger partial charge < -0.3 is 0 Å². The molecule has 4 heteroatoms. The van der Waals surface area contributed by atoms with E-state index in [1.165, 1.54) is 0 Å². The Hall–Kier alpha value is -0.640. The molecule has 0 aliphatic carbocycles. The second kappa shape index (κ2) is 2.96. The maximum Gasteiger partial charge on any atom is 0.228 e. The number of nitro groups is 1. The fourth-order valence-electron chi connectivity index (χ4n) is 1.13. The molecule has 10 heavy (non-hydrogen) atoms. The minimum Gasteiger partial charge on any atom is -0.300 e. The summed E-state index contributed by atoms with van der Waals surface area (Å²) in [7, 11) is 1.91. The van der Waals surface area contributed by atoms with Crippen molar-refractivity contribution < 1.29 is 4.92 Å². The van der Waals surface area contributed by atoms with Gasteiger partial charge in [-0.15, -0.1) is 0 Å². The van der Waals surface area contributed by atoms with Crippen LogP contribution in [0.5, 0.6) is 0 Å². The SMILES string of the molecule is CN1CC[CH]C([N+](=O)[O-])C1. The number of likely N-dealkylation sites (tertiary alicyclic amines) is 1. The van der Waals surface area contributed by atoms with Gasteiger partial charge in [0.2, 0.25) is 6.04 Å². The molecular formula is C6H11N2O2. The van der Waals surface area contributed by atoms with Gasteiger partial charge in [0.25, 0.3) is 0 Å². The molecule has 1 aliphatic heterocycles. The molecule has 0 spiro atoms. The summed E-state index contributed by atoms with van der Waals surface area (Å²) < 4.78 is 0. The molecule has 1 radical (unpaired) electrons. The van der Waals surface area contributed by atoms with Crippen LogP contribution in [0.4, 0.5) is 0 Å². The van der Waals surface area contributed by atoms with Gasteiger partial charge in [0.05, 0.1) is 6.54 Å². The minimum atomic E-state index is -0.446. The second-order valence-corrected chi connectivity index (χ2v) is 2.64. The van der Waals surface area contributed by atoms with Crippen molar-refractivity contribution in [1.29, 1.82) is 0 Å². The van der Waals surface area contributed by atoms with Crippen molar-refractivity contribution in [3.63, 3.8) is 0 Å². The molecule has 0 N–H and O–H groups in total. The average Bonchev–Trinajstić information content (AvgIpc) is 1.88. The van der Waals surface area contributed by atoms with Crippen molar-refractivity contribution in [3.05, 3.63) is 16.5 Å². The quantitative estimate of drug-likeness (QED) is 0.388. The molecule has 1 aliphatic rings. The molecule has 57 valence electrons. The van der Waals surface area contributed by atoms with Crippen LogP contribution in [0.2, 0.25) is 0 Å². The number of hydrogen-bond donors (Lipinski definition) is 0. The van der Waals surface area contributed by atoms with Crippen LogP contribution >= 0.6 is 0 Å². The molecule has 4 nitrogen and oxygen atoms in total. The van der Waals surface area contributed by atoms with Gasteiger partial charge in [-0.05, 0) is 20.0 Å². The average molecular weight is 143 g/mol. The Balaban J connectivity index is 2.39. The molecule has 1 fully saturated rings. The first-order chi connectivity index (χ1) is 4.70. The van der Waals surface area contributed by atoms with E-state index < -0.39 is 6.04 Å². The van der Waals surface area contributed by atoms with Crippen molar-refractivity contribution in [2.75, 3.05) is 20.1 Å². The normalized spacial score (nSPS) is 28.3. The number of likely N-dealkylation sites (N-methyl/N-ethyl adjacent to an activating group) is 1. The molecule has 1 heterocycles. The van der Waals surface area contributed by atoms with E-state index in [0.717, 1.165) is 13.0 Å². The number of rotatable bonds is 1. The third-order valence-electron chi connectivity index (χ3n) is 1.72. The Morgan fingerprint density at radius 3 is 2.90 bits per heavy atom. The van der Waals surface area contributed by atoms with Crippen LogP contribution in [0.25, 0.3) is 0 Å². The Labute approximate surface area is 60.0 Å². The zero-order valence-electron chi connectivity index (χ0n) is 5.99. The Morgan fingerprint density at radius 2 is 2.50 bits per heavy atom. The summed E-state index contributed by atoms with van der Waals surface area (Å²) >= 11 is 0. The van der Waals surface area contributed by atoms with Crippen LogP contribution in [-0.4, -0.2) is 36.0 Å². The van der Waals surface area contributed by atoms with E-state index in [2.05, 4.69) is 0 Å². The van der Waals surface area contributed by atoms with E-state index in [9.17, 15) is 10.1 Å². The summed E-state index contributed by atoms with van der Waals surface area (Å²) in [6.45, 7) is 1.51. The highest BCUT2D eigenvalue weighted by Gasteiger charge is 2.25. The topological polar surface area (TPSA) is 46.4 Å². The molecular weight excluding hydrogens is 132 g/mol. The van der Waals surface area contributed by atoms with Crippen molar-refractivity contribution in [1.82, 2.24) is 4.90 Å². The van der Waals surface area contributed by atoms with Crippen molar-refractivity contribution in [3.8, 4) is 0 Å². The van der Waals surface area contributed by atoms with Gasteiger partial charge in [0.1, 0.15) is 0 Å². The summed E-state index contributed by atoms with van der Waals surface area (Å²) in [6.07, 6.45) is 2.61. The third-order valence-corrected chi connectivity index (χ3v) is 1.72. The van der Waals surface area contributed by atoms with Crippen molar-refractivity contribution >= 4 is 0 Å². The van der Waals surface area contributed by atoms with Crippen molar-refractivity contribution in [2.45, 2.75) is 12.5 Å². The first kappa shape index (κ1) is 7.47. The highest BCUT2D eigenvalue weighted by molar-refractivity contribution is 4.84. The zero-order chi connectivity index (χ0) is 7.56. The van der Waals surface area contributed by atoms with Gasteiger partial charge in [-0.3, -0.25) is 15.0 Å². The summed E-state index contributed by atoms with van der Waals surface area (Å²) in [5, 5.41) is 10.2. The molecule has 0 amide bonds. The lowest BCUT2D eigenvalue weighted by atomic mass is 10.1. The van der Waals surface area contributed by atoms with Gasteiger partial charge in [0.15, 0.2) is 0 Å². The highest BCUT2D eigenvalue weighted by Crippen LogP contribution is 2.08. The van der Waals surface area contributed by atoms with E-state index in [4.69, 9.17) is 0 Å². The first-order valence-corrected chi connectivity index (χ1v) is 3.35. The molecule has 0 aromatic carbocycles. The lowest BCUT2D eigenvalue weighted by molar-refractivity contribution is -0.515. The predicted molar refractivity (Wildman–Crippen MR) is 37.2 cm³/mol. The van der Waals surface area contributed by atoms with E-state index in [1.54, 1.807) is 6.42 Å². The van der Waals surface area contributed by atoms with Gasteiger partial charge in [0, 0.05) is 11.3 Å². The summed E-state index contributed by atoms with van der Waals surface area (Å²) in [4.78, 5) is 12.0. The Kier molecular flexibility index (Phi) is 2.21. The lowest BCUT2D eigenvalue weighted by Gasteiger charge is -2.23. The summed E-state index contributed by atoms with van der Waals surface area (Å²) in [5.74, 6) is 0. The van der Waals surface area contributed by atoms with Gasteiger partial charge in [-0.2, -0.15) is 0 Å². The largest absolute Gasteiger partial charge is 0.300 e. The monoisotopic (exact) mass is 143 g/mol. The van der Waals surface area contributed by atoms with E-state index >= 15 is 0 Å². The Morgan fingerprint density at radius 1 is 1.80 bits per heavy atom. The number of piperidine rings is 1. The maximum atomic E-state index is 10.2. The fraction of sp³-hybridized carbons (Fsp3) is 0.833. The molecule has 1 unspecified atom stereocenters. The van der Waals surface area contributed by atoms with Crippen LogP contribution in [0.3, 0.4) is 0 Å². The second-order valence-electron chi connectivity index (χ2n) is 2.64. The molecule has 1 rings (SSSR count). The molecule has 0 aromatic rings. The summed E-state index contributed by atoms with van der Waals surface area (Å²) in [6, 6.07) is -0.446. The van der Waals surface area contributed by atoms with Gasteiger partial charge in [-0.1, -0.05) is 0 Å². The van der Waals surface area contributed by atoms with Gasteiger partial charge >= 0.3 is 0 Å².